The van der Waals surface area contributed by atoms with Crippen molar-refractivity contribution in [2.24, 2.45) is 23.5 Å². The molecular weight excluding hydrogens is 859 g/mol. The lowest BCUT2D eigenvalue weighted by Crippen LogP contribution is -2.63. The van der Waals surface area contributed by atoms with E-state index in [4.69, 9.17) is 5.73 Å². The first-order chi connectivity index (χ1) is 30.4. The minimum absolute atomic E-state index is 0.0381. The quantitative estimate of drug-likeness (QED) is 0.0417. The minimum atomic E-state index is -1.88. The van der Waals surface area contributed by atoms with Gasteiger partial charge in [0.1, 0.15) is 48.3 Å². The van der Waals surface area contributed by atoms with Gasteiger partial charge in [0.25, 0.3) is 0 Å². The van der Waals surface area contributed by atoms with Crippen LogP contribution >= 0.6 is 0 Å². The van der Waals surface area contributed by atoms with Gasteiger partial charge in [0.2, 0.25) is 47.3 Å². The van der Waals surface area contributed by atoms with E-state index in [2.05, 4.69) is 47.2 Å². The number of H-pyrrole nitrogens is 1. The van der Waals surface area contributed by atoms with Crippen LogP contribution < -0.4 is 43.0 Å². The highest BCUT2D eigenvalue weighted by molar-refractivity contribution is 5.99. The van der Waals surface area contributed by atoms with Crippen LogP contribution in [0.4, 0.5) is 0 Å². The number of carbonyl (C=O) groups excluding carboxylic acids is 8. The fourth-order valence-corrected chi connectivity index (χ4v) is 6.86. The average molecular weight is 924 g/mol. The molecule has 364 valence electrons. The van der Waals surface area contributed by atoms with Gasteiger partial charge in [-0.15, -0.1) is 0 Å². The first kappa shape index (κ1) is 54.9. The molecule has 0 spiro atoms. The Kier molecular flexibility index (Phi) is 21.9. The van der Waals surface area contributed by atoms with E-state index in [1.807, 2.05) is 13.8 Å². The highest BCUT2D eigenvalue weighted by Crippen LogP contribution is 2.20. The maximum atomic E-state index is 13.9. The number of imidazole rings is 1. The van der Waals surface area contributed by atoms with Crippen molar-refractivity contribution < 1.29 is 68.4 Å². The van der Waals surface area contributed by atoms with E-state index < -0.39 is 138 Å². The monoisotopic (exact) mass is 923 g/mol. The van der Waals surface area contributed by atoms with Crippen molar-refractivity contribution in [3.05, 3.63) is 18.2 Å². The second kappa shape index (κ2) is 25.9. The number of nitrogens with two attached hydrogens (primary N) is 1. The predicted molar refractivity (Wildman–Crippen MR) is 227 cm³/mol. The number of likely N-dealkylation sites (tertiary alicyclic amines) is 1. The molecule has 9 atom stereocenters. The summed E-state index contributed by atoms with van der Waals surface area (Å²) < 4.78 is 0. The summed E-state index contributed by atoms with van der Waals surface area (Å²) in [6, 6.07) is -11.8. The topological polar surface area (TPSA) is 394 Å². The number of aliphatic hydroxyl groups excluding tert-OH is 2. The summed E-state index contributed by atoms with van der Waals surface area (Å²) in [5.74, 6) is -11.4. The van der Waals surface area contributed by atoms with Crippen molar-refractivity contribution in [3.8, 4) is 0 Å². The number of nitrogens with one attached hydrogen (secondary N) is 8. The molecule has 0 aromatic carbocycles. The number of hydrogen-bond donors (Lipinski definition) is 13. The highest BCUT2D eigenvalue weighted by Gasteiger charge is 2.41. The Balaban J connectivity index is 2.31. The minimum Gasteiger partial charge on any atom is -0.481 e. The van der Waals surface area contributed by atoms with Crippen LogP contribution in [0, 0.1) is 17.8 Å². The number of aromatic nitrogens is 2. The molecule has 1 aliphatic rings. The molecule has 1 saturated heterocycles. The van der Waals surface area contributed by atoms with E-state index in [0.717, 1.165) is 11.8 Å². The average Bonchev–Trinajstić information content (AvgIpc) is 3.93. The normalized spacial score (nSPS) is 17.4. The van der Waals surface area contributed by atoms with Gasteiger partial charge in [0, 0.05) is 24.9 Å². The van der Waals surface area contributed by atoms with Gasteiger partial charge in [-0.25, -0.2) is 9.78 Å². The molecule has 25 heteroatoms. The maximum absolute atomic E-state index is 13.9. The SMILES string of the molecule is CC(C)C[C@H](NC(=O)CN)C(=O)N[C@H](C(=O)N[C@@H](CO)C(=O)N[C@@H](Cc1cnc[nH]1)C(=O)N[C@H](C(=O)N[C@@H](CC(=O)O)C(=O)N1CCC[C@H]1C(=O)N[C@H](C(=O)O)C(C)C)[C@@H](C)O)C(C)C. The zero-order valence-electron chi connectivity index (χ0n) is 37.6. The zero-order valence-corrected chi connectivity index (χ0v) is 37.6. The molecule has 2 heterocycles. The lowest BCUT2D eigenvalue weighted by atomic mass is 9.99. The molecule has 1 fully saturated rings. The van der Waals surface area contributed by atoms with Gasteiger partial charge < -0.3 is 73.3 Å². The number of carboxylic acid groups (broad SMARTS) is 2. The summed E-state index contributed by atoms with van der Waals surface area (Å²) in [7, 11) is 0. The van der Waals surface area contributed by atoms with E-state index in [1.54, 1.807) is 27.7 Å². The molecule has 1 aromatic heterocycles. The van der Waals surface area contributed by atoms with Gasteiger partial charge in [-0.2, -0.15) is 0 Å². The van der Waals surface area contributed by atoms with Crippen LogP contribution in [0.15, 0.2) is 12.5 Å². The Morgan fingerprint density at radius 1 is 0.738 bits per heavy atom. The van der Waals surface area contributed by atoms with Crippen molar-refractivity contribution in [3.63, 3.8) is 0 Å². The van der Waals surface area contributed by atoms with Crippen LogP contribution in [0.1, 0.15) is 79.8 Å². The van der Waals surface area contributed by atoms with Crippen LogP contribution in [-0.4, -0.2) is 169 Å². The summed E-state index contributed by atoms with van der Waals surface area (Å²) in [6.45, 7) is 9.66. The number of amides is 8. The molecule has 65 heavy (non-hydrogen) atoms. The van der Waals surface area contributed by atoms with E-state index >= 15 is 0 Å². The summed E-state index contributed by atoms with van der Waals surface area (Å²) in [5, 5.41) is 56.8. The van der Waals surface area contributed by atoms with Crippen LogP contribution in [0.5, 0.6) is 0 Å². The lowest BCUT2D eigenvalue weighted by molar-refractivity contribution is -0.148. The molecule has 0 aliphatic carbocycles. The molecule has 1 aromatic rings. The third kappa shape index (κ3) is 17.0. The number of carbonyl (C=O) groups is 10. The van der Waals surface area contributed by atoms with Crippen molar-refractivity contribution >= 4 is 59.2 Å². The van der Waals surface area contributed by atoms with Gasteiger partial charge in [-0.05, 0) is 43.9 Å². The predicted octanol–water partition coefficient (Wildman–Crippen LogP) is -4.41. The number of nitrogens with zero attached hydrogens (tertiary/aromatic N) is 2. The van der Waals surface area contributed by atoms with Crippen molar-refractivity contribution in [2.75, 3.05) is 19.7 Å². The Morgan fingerprint density at radius 2 is 1.29 bits per heavy atom. The maximum Gasteiger partial charge on any atom is 0.326 e. The third-order valence-corrected chi connectivity index (χ3v) is 10.3. The van der Waals surface area contributed by atoms with Crippen molar-refractivity contribution in [1.29, 1.82) is 0 Å². The largest absolute Gasteiger partial charge is 0.481 e. The molecule has 0 bridgehead atoms. The second-order valence-electron chi connectivity index (χ2n) is 16.9. The first-order valence-electron chi connectivity index (χ1n) is 21.2. The summed E-state index contributed by atoms with van der Waals surface area (Å²) in [5.41, 5.74) is 5.69. The second-order valence-corrected chi connectivity index (χ2v) is 16.9. The summed E-state index contributed by atoms with van der Waals surface area (Å²) in [4.78, 5) is 138. The number of carboxylic acids is 2. The zero-order chi connectivity index (χ0) is 49.3. The van der Waals surface area contributed by atoms with E-state index in [-0.39, 0.29) is 50.4 Å². The molecule has 0 radical (unpaired) electrons. The lowest BCUT2D eigenvalue weighted by Gasteiger charge is -2.31. The first-order valence-corrected chi connectivity index (χ1v) is 21.2. The molecule has 1 aliphatic heterocycles. The number of hydrogen-bond acceptors (Lipinski definition) is 14. The molecule has 0 saturated carbocycles. The van der Waals surface area contributed by atoms with E-state index in [1.165, 1.54) is 12.5 Å². The van der Waals surface area contributed by atoms with Crippen LogP contribution in [0.2, 0.25) is 0 Å². The molecule has 0 unspecified atom stereocenters. The van der Waals surface area contributed by atoms with Gasteiger partial charge in [-0.3, -0.25) is 43.2 Å². The summed E-state index contributed by atoms with van der Waals surface area (Å²) >= 11 is 0. The van der Waals surface area contributed by atoms with Crippen molar-refractivity contribution in [2.45, 2.75) is 135 Å². The fourth-order valence-electron chi connectivity index (χ4n) is 6.86. The van der Waals surface area contributed by atoms with E-state index in [9.17, 15) is 68.4 Å². The molecule has 8 amide bonds. The Morgan fingerprint density at radius 3 is 1.80 bits per heavy atom. The van der Waals surface area contributed by atoms with Gasteiger partial charge in [0.15, 0.2) is 0 Å². The number of rotatable bonds is 26. The standard InChI is InChI=1S/C40H65N11O14/c1-18(2)11-23(44-28(54)14-41)33(57)48-30(19(3)4)37(61)47-26(16-52)35(59)45-24(12-22-15-42-17-43-22)34(58)50-32(21(7)53)38(62)46-25(13-29(55)56)39(63)51-10-8-9-27(51)36(60)49-31(20(5)6)40(64)65/h15,17-21,23-27,30-32,52-53H,8-14,16,41H2,1-7H3,(H,42,43)(H,44,54)(H,45,59)(H,46,62)(H,47,61)(H,48,57)(H,49,60)(H,50,58)(H,55,56)(H,64,65)/t21-,23+,24+,25+,26+,27+,30+,31+,32+/m1/s1. The van der Waals surface area contributed by atoms with Crippen molar-refractivity contribution in [1.82, 2.24) is 52.1 Å². The Bertz CT molecular complexity index is 1840. The Labute approximate surface area is 375 Å². The van der Waals surface area contributed by atoms with Gasteiger partial charge in [0.05, 0.1) is 32.0 Å². The molecular formula is C40H65N11O14. The summed E-state index contributed by atoms with van der Waals surface area (Å²) in [6.07, 6.45) is 0.172. The number of aromatic amines is 1. The van der Waals surface area contributed by atoms with Gasteiger partial charge in [-0.1, -0.05) is 41.5 Å². The Hall–Kier alpha value is -6.21. The smallest absolute Gasteiger partial charge is 0.326 e. The number of aliphatic carboxylic acids is 2. The third-order valence-electron chi connectivity index (χ3n) is 10.3. The fraction of sp³-hybridized carbons (Fsp3) is 0.675. The van der Waals surface area contributed by atoms with Crippen LogP contribution in [-0.2, 0) is 54.4 Å². The molecule has 25 nitrogen and oxygen atoms in total. The van der Waals surface area contributed by atoms with Crippen LogP contribution in [0.25, 0.3) is 0 Å². The molecule has 2 rings (SSSR count). The highest BCUT2D eigenvalue weighted by atomic mass is 16.4. The van der Waals surface area contributed by atoms with E-state index in [0.29, 0.717) is 0 Å². The number of aliphatic hydroxyl groups is 2. The van der Waals surface area contributed by atoms with Crippen LogP contribution in [0.3, 0.4) is 0 Å². The van der Waals surface area contributed by atoms with Gasteiger partial charge >= 0.3 is 11.9 Å². The molecule has 14 N–H and O–H groups in total.